The molecule has 1 aliphatic carbocycles. The van der Waals surface area contributed by atoms with Crippen LogP contribution in [0.25, 0.3) is 0 Å². The zero-order valence-electron chi connectivity index (χ0n) is 18.4. The molecule has 0 bridgehead atoms. The number of carbonyl (C=O) groups is 1. The molecular weight excluding hydrogens is 505 g/mol. The molecule has 4 rings (SSSR count). The van der Waals surface area contributed by atoms with E-state index in [9.17, 15) is 22.7 Å². The second kappa shape index (κ2) is 10.0. The van der Waals surface area contributed by atoms with Gasteiger partial charge in [0.15, 0.2) is 11.0 Å². The third-order valence-corrected chi connectivity index (χ3v) is 6.57. The number of aliphatic hydroxyl groups is 1. The van der Waals surface area contributed by atoms with Crippen molar-refractivity contribution in [2.75, 3.05) is 11.9 Å². The number of alkyl halides is 1. The summed E-state index contributed by atoms with van der Waals surface area (Å²) in [5, 5.41) is 18.1. The lowest BCUT2D eigenvalue weighted by Crippen LogP contribution is -2.33. The lowest BCUT2D eigenvalue weighted by atomic mass is 10.1. The fourth-order valence-corrected chi connectivity index (χ4v) is 4.53. The predicted molar refractivity (Wildman–Crippen MR) is 123 cm³/mol. The van der Waals surface area contributed by atoms with Gasteiger partial charge in [0.1, 0.15) is 24.1 Å². The number of halogens is 2. The number of ketones is 1. The molecule has 0 radical (unpaired) electrons. The summed E-state index contributed by atoms with van der Waals surface area (Å²) in [5.74, 6) is -0.534. The minimum Gasteiger partial charge on any atom is -0.448 e. The van der Waals surface area contributed by atoms with Crippen LogP contribution in [0.2, 0.25) is 5.22 Å². The van der Waals surface area contributed by atoms with Crippen LogP contribution in [0.1, 0.15) is 41.1 Å². The number of hydrogen-bond acceptors (Lipinski definition) is 9. The first-order valence-corrected chi connectivity index (χ1v) is 12.4. The van der Waals surface area contributed by atoms with Gasteiger partial charge in [-0.1, -0.05) is 0 Å². The highest BCUT2D eigenvalue weighted by Crippen LogP contribution is 2.32. The van der Waals surface area contributed by atoms with E-state index in [1.165, 1.54) is 12.5 Å². The van der Waals surface area contributed by atoms with Crippen LogP contribution >= 0.6 is 11.6 Å². The Morgan fingerprint density at radius 2 is 2.23 bits per heavy atom. The number of aromatic nitrogens is 3. The van der Waals surface area contributed by atoms with Crippen LogP contribution in [0.3, 0.4) is 0 Å². The Labute approximate surface area is 205 Å². The van der Waals surface area contributed by atoms with Gasteiger partial charge in [-0.05, 0) is 43.1 Å². The average Bonchev–Trinajstić information content (AvgIpc) is 3.53. The van der Waals surface area contributed by atoms with Crippen LogP contribution in [-0.2, 0) is 14.5 Å². The number of nitrogens with one attached hydrogen (secondary N) is 1. The van der Waals surface area contributed by atoms with Crippen molar-refractivity contribution in [3.05, 3.63) is 65.2 Å². The lowest BCUT2D eigenvalue weighted by Gasteiger charge is -2.18. The largest absolute Gasteiger partial charge is 0.448 e. The Morgan fingerprint density at radius 1 is 1.46 bits per heavy atom. The summed E-state index contributed by atoms with van der Waals surface area (Å²) in [5.41, 5.74) is 0.444. The SMILES string of the molecule is C[C@@H](c1ccc(Cl)o1)n1ccc(C(=O)c2cncnc2N[C@@H]2C[C@H](COS(N)(=O)=O)[C@@H](O)[C@@H]2F)c1. The number of carbonyl (C=O) groups excluding carboxylic acids is 1. The summed E-state index contributed by atoms with van der Waals surface area (Å²) in [6, 6.07) is 3.82. The van der Waals surface area contributed by atoms with Gasteiger partial charge in [-0.25, -0.2) is 19.5 Å². The van der Waals surface area contributed by atoms with Crippen LogP contribution in [0.4, 0.5) is 10.2 Å². The Balaban J connectivity index is 1.50. The number of furan rings is 1. The number of hydrogen-bond donors (Lipinski definition) is 3. The Hall–Kier alpha value is -2.84. The van der Waals surface area contributed by atoms with E-state index in [2.05, 4.69) is 19.5 Å². The minimum absolute atomic E-state index is 0.0229. The molecule has 0 spiro atoms. The number of aliphatic hydroxyl groups excluding tert-OH is 1. The molecule has 0 aromatic carbocycles. The molecule has 3 heterocycles. The van der Waals surface area contributed by atoms with Gasteiger partial charge in [-0.2, -0.15) is 8.42 Å². The molecule has 4 N–H and O–H groups in total. The van der Waals surface area contributed by atoms with E-state index in [-0.39, 0.29) is 29.1 Å². The quantitative estimate of drug-likeness (QED) is 0.353. The van der Waals surface area contributed by atoms with Gasteiger partial charge in [0, 0.05) is 30.1 Å². The van der Waals surface area contributed by atoms with E-state index in [0.29, 0.717) is 11.3 Å². The molecule has 1 fully saturated rings. The lowest BCUT2D eigenvalue weighted by molar-refractivity contribution is 0.0501. The highest BCUT2D eigenvalue weighted by atomic mass is 35.5. The first-order chi connectivity index (χ1) is 16.5. The molecule has 0 saturated heterocycles. The second-order valence-electron chi connectivity index (χ2n) is 8.24. The zero-order chi connectivity index (χ0) is 25.3. The fourth-order valence-electron chi connectivity index (χ4n) is 4.01. The maximum absolute atomic E-state index is 14.7. The van der Waals surface area contributed by atoms with Crippen molar-refractivity contribution < 1.29 is 31.3 Å². The first kappa shape index (κ1) is 25.3. The van der Waals surface area contributed by atoms with E-state index in [1.807, 2.05) is 6.92 Å². The van der Waals surface area contributed by atoms with Crippen LogP contribution in [-0.4, -0.2) is 58.8 Å². The fraction of sp³-hybridized carbons (Fsp3) is 0.381. The standard InChI is InChI=1S/C21H23ClFN5O6S/c1-11(16-2-3-17(22)34-16)28-5-4-12(8-28)19(29)14-7-25-10-26-21(14)27-15-6-13(20(30)18(15)23)9-33-35(24,31)32/h2-5,7-8,10-11,13,15,18,20,30H,6,9H2,1H3,(H2,24,31,32)(H,25,26,27)/t11-,13+,15+,18+,20+/m0/s1. The van der Waals surface area contributed by atoms with E-state index in [4.69, 9.17) is 21.2 Å². The van der Waals surface area contributed by atoms with E-state index in [0.717, 1.165) is 0 Å². The van der Waals surface area contributed by atoms with Crippen LogP contribution < -0.4 is 10.5 Å². The molecule has 35 heavy (non-hydrogen) atoms. The molecular formula is C21H23ClFN5O6S. The van der Waals surface area contributed by atoms with E-state index >= 15 is 0 Å². The normalized spacial score (nSPS) is 23.3. The van der Waals surface area contributed by atoms with Gasteiger partial charge in [-0.3, -0.25) is 8.98 Å². The number of anilines is 1. The monoisotopic (exact) mass is 527 g/mol. The summed E-state index contributed by atoms with van der Waals surface area (Å²) in [6.45, 7) is 1.41. The molecule has 11 nitrogen and oxygen atoms in total. The molecule has 3 aromatic heterocycles. The predicted octanol–water partition coefficient (Wildman–Crippen LogP) is 2.08. The second-order valence-corrected chi connectivity index (χ2v) is 9.83. The molecule has 5 atom stereocenters. The van der Waals surface area contributed by atoms with Crippen molar-refractivity contribution in [2.45, 2.75) is 37.7 Å². The van der Waals surface area contributed by atoms with Crippen molar-refractivity contribution >= 4 is 33.5 Å². The molecule has 14 heteroatoms. The van der Waals surface area contributed by atoms with Gasteiger partial charge < -0.3 is 19.4 Å². The molecule has 0 unspecified atom stereocenters. The topological polar surface area (TPSA) is 163 Å². The summed E-state index contributed by atoms with van der Waals surface area (Å²) in [6.07, 6.45) is 2.64. The smallest absolute Gasteiger partial charge is 0.333 e. The molecule has 1 saturated carbocycles. The van der Waals surface area contributed by atoms with Crippen molar-refractivity contribution in [3.63, 3.8) is 0 Å². The zero-order valence-corrected chi connectivity index (χ0v) is 20.0. The Bertz CT molecular complexity index is 1310. The highest BCUT2D eigenvalue weighted by molar-refractivity contribution is 7.84. The van der Waals surface area contributed by atoms with Crippen molar-refractivity contribution in [1.82, 2.24) is 14.5 Å². The third-order valence-electron chi connectivity index (χ3n) is 5.91. The van der Waals surface area contributed by atoms with Gasteiger partial charge in [0.2, 0.25) is 0 Å². The summed E-state index contributed by atoms with van der Waals surface area (Å²) < 4.78 is 48.5. The summed E-state index contributed by atoms with van der Waals surface area (Å²) in [4.78, 5) is 21.2. The molecule has 3 aromatic rings. The number of rotatable bonds is 9. The Kier molecular flexibility index (Phi) is 7.24. The van der Waals surface area contributed by atoms with E-state index < -0.39 is 46.9 Å². The maximum Gasteiger partial charge on any atom is 0.333 e. The molecule has 0 amide bonds. The first-order valence-electron chi connectivity index (χ1n) is 10.6. The van der Waals surface area contributed by atoms with Gasteiger partial charge >= 0.3 is 10.3 Å². The summed E-state index contributed by atoms with van der Waals surface area (Å²) >= 11 is 5.85. The Morgan fingerprint density at radius 3 is 2.91 bits per heavy atom. The highest BCUT2D eigenvalue weighted by Gasteiger charge is 2.44. The van der Waals surface area contributed by atoms with Crippen molar-refractivity contribution in [3.8, 4) is 0 Å². The van der Waals surface area contributed by atoms with Gasteiger partial charge in [-0.15, -0.1) is 0 Å². The third kappa shape index (κ3) is 5.70. The number of nitrogens with zero attached hydrogens (tertiary/aromatic N) is 3. The van der Waals surface area contributed by atoms with Gasteiger partial charge in [0.05, 0.1) is 30.4 Å². The minimum atomic E-state index is -4.23. The van der Waals surface area contributed by atoms with Crippen molar-refractivity contribution in [2.24, 2.45) is 11.1 Å². The summed E-state index contributed by atoms with van der Waals surface area (Å²) in [7, 11) is -4.23. The van der Waals surface area contributed by atoms with Crippen molar-refractivity contribution in [1.29, 1.82) is 0 Å². The van der Waals surface area contributed by atoms with Crippen LogP contribution in [0, 0.1) is 5.92 Å². The van der Waals surface area contributed by atoms with Crippen LogP contribution in [0.15, 0.2) is 47.5 Å². The van der Waals surface area contributed by atoms with Crippen LogP contribution in [0.5, 0.6) is 0 Å². The number of nitrogens with two attached hydrogens (primary N) is 1. The molecule has 1 aliphatic rings. The molecule has 188 valence electrons. The maximum atomic E-state index is 14.7. The van der Waals surface area contributed by atoms with Gasteiger partial charge in [0.25, 0.3) is 0 Å². The van der Waals surface area contributed by atoms with E-state index in [1.54, 1.807) is 35.2 Å². The average molecular weight is 528 g/mol. The molecule has 0 aliphatic heterocycles.